The van der Waals surface area contributed by atoms with Crippen molar-refractivity contribution in [2.24, 2.45) is 4.99 Å². The topological polar surface area (TPSA) is 21.6 Å². The molecule has 3 heteroatoms. The van der Waals surface area contributed by atoms with Crippen LogP contribution in [0, 0.1) is 6.92 Å². The Bertz CT molecular complexity index is 413. The zero-order valence-corrected chi connectivity index (χ0v) is 12.6. The Labute approximate surface area is 112 Å². The summed E-state index contributed by atoms with van der Waals surface area (Å²) in [6, 6.07) is 4.02. The second kappa shape index (κ2) is 6.80. The first kappa shape index (κ1) is 14.2. The molecule has 0 aliphatic rings. The summed E-state index contributed by atoms with van der Waals surface area (Å²) in [4.78, 5) is 4.68. The Balaban J connectivity index is 3.04. The van der Waals surface area contributed by atoms with Gasteiger partial charge in [-0.2, -0.15) is 0 Å². The van der Waals surface area contributed by atoms with E-state index in [1.165, 1.54) is 12.8 Å². The zero-order valence-electron chi connectivity index (χ0n) is 11.0. The van der Waals surface area contributed by atoms with Gasteiger partial charge in [-0.05, 0) is 44.4 Å². The third-order valence-corrected chi connectivity index (χ3v) is 3.10. The van der Waals surface area contributed by atoms with Crippen LogP contribution in [0.4, 0.5) is 5.69 Å². The van der Waals surface area contributed by atoms with Gasteiger partial charge in [0.25, 0.3) is 0 Å². The van der Waals surface area contributed by atoms with Crippen molar-refractivity contribution >= 4 is 27.3 Å². The molecule has 0 aromatic heterocycles. The van der Waals surface area contributed by atoms with E-state index in [-0.39, 0.29) is 0 Å². The van der Waals surface area contributed by atoms with E-state index in [1.54, 1.807) is 7.11 Å². The van der Waals surface area contributed by atoms with Gasteiger partial charge in [-0.15, -0.1) is 0 Å². The minimum Gasteiger partial charge on any atom is -0.494 e. The lowest BCUT2D eigenvalue weighted by atomic mass is 10.1. The highest BCUT2D eigenvalue weighted by Gasteiger charge is 2.07. The maximum absolute atomic E-state index is 5.38. The Kier molecular flexibility index (Phi) is 5.69. The van der Waals surface area contributed by atoms with Crippen LogP contribution in [0.25, 0.3) is 0 Å². The van der Waals surface area contributed by atoms with Crippen molar-refractivity contribution in [2.75, 3.05) is 7.11 Å². The Morgan fingerprint density at radius 2 is 2.12 bits per heavy atom. The highest BCUT2D eigenvalue weighted by Crippen LogP contribution is 2.34. The Morgan fingerprint density at radius 3 is 2.71 bits per heavy atom. The van der Waals surface area contributed by atoms with E-state index in [1.807, 2.05) is 6.07 Å². The molecule has 0 unspecified atom stereocenters. The van der Waals surface area contributed by atoms with Crippen molar-refractivity contribution in [1.29, 1.82) is 0 Å². The van der Waals surface area contributed by atoms with Gasteiger partial charge >= 0.3 is 0 Å². The van der Waals surface area contributed by atoms with Gasteiger partial charge in [0.1, 0.15) is 11.4 Å². The third-order valence-electron chi connectivity index (χ3n) is 2.65. The molecule has 0 spiro atoms. The fourth-order valence-corrected chi connectivity index (χ4v) is 2.23. The number of ether oxygens (including phenoxy) is 1. The molecule has 0 fully saturated rings. The number of aliphatic imine (C=N–C) groups is 1. The second-order valence-electron chi connectivity index (χ2n) is 4.22. The number of hydrogen-bond acceptors (Lipinski definition) is 2. The van der Waals surface area contributed by atoms with E-state index in [0.29, 0.717) is 0 Å². The summed E-state index contributed by atoms with van der Waals surface area (Å²) >= 11 is 3.47. The van der Waals surface area contributed by atoms with E-state index in [4.69, 9.17) is 4.74 Å². The van der Waals surface area contributed by atoms with Crippen LogP contribution >= 0.6 is 15.9 Å². The summed E-state index contributed by atoms with van der Waals surface area (Å²) < 4.78 is 6.40. The highest BCUT2D eigenvalue weighted by atomic mass is 79.9. The molecule has 0 saturated carbocycles. The van der Waals surface area contributed by atoms with Crippen molar-refractivity contribution in [3.8, 4) is 5.75 Å². The molecule has 1 rings (SSSR count). The molecule has 0 aliphatic carbocycles. The van der Waals surface area contributed by atoms with Gasteiger partial charge in [-0.3, -0.25) is 4.99 Å². The summed E-state index contributed by atoms with van der Waals surface area (Å²) in [5, 5.41) is 0. The van der Waals surface area contributed by atoms with Gasteiger partial charge in [0.2, 0.25) is 0 Å². The Hall–Kier alpha value is -0.830. The average Bonchev–Trinajstić information content (AvgIpc) is 2.29. The number of aryl methyl sites for hydroxylation is 1. The fraction of sp³-hybridized carbons (Fsp3) is 0.500. The predicted molar refractivity (Wildman–Crippen MR) is 77.7 cm³/mol. The number of methoxy groups -OCH3 is 1. The number of unbranched alkanes of at least 4 members (excludes halogenated alkanes) is 1. The van der Waals surface area contributed by atoms with Crippen LogP contribution in [0.5, 0.6) is 5.75 Å². The van der Waals surface area contributed by atoms with Crippen molar-refractivity contribution in [1.82, 2.24) is 0 Å². The maximum Gasteiger partial charge on any atom is 0.145 e. The molecule has 0 N–H and O–H groups in total. The molecular weight excluding hydrogens is 278 g/mol. The first-order chi connectivity index (χ1) is 8.08. The molecule has 1 aromatic rings. The number of hydrogen-bond donors (Lipinski definition) is 0. The fourth-order valence-electron chi connectivity index (χ4n) is 1.68. The molecule has 0 amide bonds. The van der Waals surface area contributed by atoms with Gasteiger partial charge in [0.05, 0.1) is 7.11 Å². The zero-order chi connectivity index (χ0) is 12.8. The monoisotopic (exact) mass is 297 g/mol. The van der Waals surface area contributed by atoms with Crippen LogP contribution < -0.4 is 4.74 Å². The van der Waals surface area contributed by atoms with Crippen molar-refractivity contribution in [3.63, 3.8) is 0 Å². The Morgan fingerprint density at radius 1 is 1.41 bits per heavy atom. The number of halogens is 1. The lowest BCUT2D eigenvalue weighted by Gasteiger charge is -2.09. The summed E-state index contributed by atoms with van der Waals surface area (Å²) in [6.45, 7) is 6.33. The van der Waals surface area contributed by atoms with Gasteiger partial charge in [0, 0.05) is 10.2 Å². The molecule has 0 saturated heterocycles. The lowest BCUT2D eigenvalue weighted by Crippen LogP contribution is -1.93. The molecule has 0 aliphatic heterocycles. The minimum absolute atomic E-state index is 0.827. The van der Waals surface area contributed by atoms with Gasteiger partial charge < -0.3 is 4.74 Å². The second-order valence-corrected chi connectivity index (χ2v) is 5.14. The summed E-state index contributed by atoms with van der Waals surface area (Å²) in [5.74, 6) is 0.827. The normalized spacial score (nSPS) is 11.7. The lowest BCUT2D eigenvalue weighted by molar-refractivity contribution is 0.415. The summed E-state index contributed by atoms with van der Waals surface area (Å²) in [7, 11) is 1.68. The van der Waals surface area contributed by atoms with Crippen LogP contribution in [0.15, 0.2) is 21.6 Å². The third kappa shape index (κ3) is 4.15. The molecule has 0 heterocycles. The quantitative estimate of drug-likeness (QED) is 0.697. The average molecular weight is 298 g/mol. The molecule has 0 bridgehead atoms. The molecule has 1 aromatic carbocycles. The summed E-state index contributed by atoms with van der Waals surface area (Å²) in [6.07, 6.45) is 3.44. The van der Waals surface area contributed by atoms with Gasteiger partial charge in [-0.1, -0.05) is 29.3 Å². The van der Waals surface area contributed by atoms with Crippen LogP contribution in [0.1, 0.15) is 38.7 Å². The molecule has 94 valence electrons. The van der Waals surface area contributed by atoms with Crippen molar-refractivity contribution in [3.05, 3.63) is 22.2 Å². The largest absolute Gasteiger partial charge is 0.494 e. The van der Waals surface area contributed by atoms with Gasteiger partial charge in [-0.25, -0.2) is 0 Å². The molecule has 17 heavy (non-hydrogen) atoms. The molecular formula is C14H20BrNO. The van der Waals surface area contributed by atoms with E-state index < -0.39 is 0 Å². The predicted octanol–water partition coefficient (Wildman–Crippen LogP) is 5.05. The highest BCUT2D eigenvalue weighted by molar-refractivity contribution is 9.10. The van der Waals surface area contributed by atoms with Crippen LogP contribution in [-0.2, 0) is 0 Å². The minimum atomic E-state index is 0.827. The SMILES string of the molecule is CCCCC(C)=Nc1c(C)cc(Br)cc1OC. The van der Waals surface area contributed by atoms with E-state index in [2.05, 4.69) is 47.8 Å². The maximum atomic E-state index is 5.38. The first-order valence-electron chi connectivity index (χ1n) is 5.96. The van der Waals surface area contributed by atoms with E-state index in [0.717, 1.165) is 33.6 Å². The molecule has 2 nitrogen and oxygen atoms in total. The molecule has 0 atom stereocenters. The first-order valence-corrected chi connectivity index (χ1v) is 6.76. The van der Waals surface area contributed by atoms with E-state index in [9.17, 15) is 0 Å². The number of benzene rings is 1. The van der Waals surface area contributed by atoms with Crippen molar-refractivity contribution in [2.45, 2.75) is 40.0 Å². The van der Waals surface area contributed by atoms with Gasteiger partial charge in [0.15, 0.2) is 0 Å². The van der Waals surface area contributed by atoms with Crippen LogP contribution in [0.3, 0.4) is 0 Å². The van der Waals surface area contributed by atoms with Crippen LogP contribution in [-0.4, -0.2) is 12.8 Å². The number of nitrogens with zero attached hydrogens (tertiary/aromatic N) is 1. The number of rotatable bonds is 5. The summed E-state index contributed by atoms with van der Waals surface area (Å²) in [5.41, 5.74) is 3.24. The smallest absolute Gasteiger partial charge is 0.145 e. The van der Waals surface area contributed by atoms with Crippen molar-refractivity contribution < 1.29 is 4.74 Å². The standard InChI is InChI=1S/C14H20BrNO/c1-5-6-7-11(3)16-14-10(2)8-12(15)9-13(14)17-4/h8-9H,5-7H2,1-4H3. The van der Waals surface area contributed by atoms with Crippen LogP contribution in [0.2, 0.25) is 0 Å². The van der Waals surface area contributed by atoms with E-state index >= 15 is 0 Å². The molecule has 0 radical (unpaired) electrons.